The molecule has 0 aromatic heterocycles. The second-order valence-electron chi connectivity index (χ2n) is 11.4. The number of benzene rings is 2. The van der Waals surface area contributed by atoms with Crippen molar-refractivity contribution in [2.45, 2.75) is 69.4 Å². The quantitative estimate of drug-likeness (QED) is 0.700. The number of amides is 1. The lowest BCUT2D eigenvalue weighted by atomic mass is 9.42. The zero-order valence-corrected chi connectivity index (χ0v) is 19.1. The number of hydrogen-bond donors (Lipinski definition) is 1. The Hall–Kier alpha value is -2.13. The van der Waals surface area contributed by atoms with Crippen LogP contribution < -0.4 is 5.32 Å². The predicted molar refractivity (Wildman–Crippen MR) is 128 cm³/mol. The predicted octanol–water partition coefficient (Wildman–Crippen LogP) is 5.31. The topological polar surface area (TPSA) is 32.3 Å². The average Bonchev–Trinajstić information content (AvgIpc) is 2.81. The standard InChI is InChI=1S/C29H36N2O/c32-27(30-26-11-13-31(14-12-26)20-22-7-3-1-4-8-22)29-18-23-15-24(19-29)17-28(16-23,21-29)25-9-5-2-6-10-25/h1-10,23-24,26H,11-21H2,(H,30,32). The van der Waals surface area contributed by atoms with Gasteiger partial charge in [-0.25, -0.2) is 0 Å². The van der Waals surface area contributed by atoms with Gasteiger partial charge in [-0.2, -0.15) is 0 Å². The third-order valence-corrected chi connectivity index (χ3v) is 9.10. The van der Waals surface area contributed by atoms with Gasteiger partial charge in [0, 0.05) is 25.7 Å². The Labute approximate surface area is 192 Å². The Morgan fingerprint density at radius 3 is 2.16 bits per heavy atom. The van der Waals surface area contributed by atoms with Gasteiger partial charge in [0.2, 0.25) is 5.91 Å². The summed E-state index contributed by atoms with van der Waals surface area (Å²) in [4.78, 5) is 16.3. The highest BCUT2D eigenvalue weighted by molar-refractivity contribution is 5.84. The van der Waals surface area contributed by atoms with Crippen molar-refractivity contribution in [2.24, 2.45) is 17.3 Å². The van der Waals surface area contributed by atoms with E-state index in [1.54, 1.807) is 0 Å². The highest BCUT2D eigenvalue weighted by Gasteiger charge is 2.61. The van der Waals surface area contributed by atoms with Crippen molar-refractivity contribution in [2.75, 3.05) is 13.1 Å². The summed E-state index contributed by atoms with van der Waals surface area (Å²) in [5.74, 6) is 1.85. The molecule has 1 amide bonds. The lowest BCUT2D eigenvalue weighted by Crippen LogP contribution is -2.60. The minimum absolute atomic E-state index is 0.124. The molecule has 2 atom stereocenters. The number of nitrogens with one attached hydrogen (secondary N) is 1. The first-order chi connectivity index (χ1) is 15.6. The fourth-order valence-electron chi connectivity index (χ4n) is 8.07. The van der Waals surface area contributed by atoms with Crippen molar-refractivity contribution in [3.05, 3.63) is 71.8 Å². The zero-order chi connectivity index (χ0) is 21.6. The van der Waals surface area contributed by atoms with Gasteiger partial charge in [0.05, 0.1) is 5.41 Å². The fraction of sp³-hybridized carbons (Fsp3) is 0.552. The summed E-state index contributed by atoms with van der Waals surface area (Å²) in [6.07, 6.45) is 9.39. The number of carbonyl (C=O) groups is 1. The molecule has 168 valence electrons. The van der Waals surface area contributed by atoms with E-state index in [0.29, 0.717) is 11.9 Å². The van der Waals surface area contributed by atoms with Gasteiger partial charge >= 0.3 is 0 Å². The molecule has 2 aromatic carbocycles. The van der Waals surface area contributed by atoms with Crippen LogP contribution in [0.2, 0.25) is 0 Å². The molecule has 1 aliphatic heterocycles. The van der Waals surface area contributed by atoms with Crippen molar-refractivity contribution in [1.82, 2.24) is 10.2 Å². The van der Waals surface area contributed by atoms with Gasteiger partial charge in [-0.15, -0.1) is 0 Å². The molecule has 0 radical (unpaired) electrons. The van der Waals surface area contributed by atoms with Crippen LogP contribution in [0.4, 0.5) is 0 Å². The molecule has 3 nitrogen and oxygen atoms in total. The molecular weight excluding hydrogens is 392 g/mol. The van der Waals surface area contributed by atoms with E-state index in [1.165, 1.54) is 30.4 Å². The van der Waals surface area contributed by atoms with Crippen LogP contribution in [0, 0.1) is 17.3 Å². The summed E-state index contributed by atoms with van der Waals surface area (Å²) in [6, 6.07) is 22.2. The Morgan fingerprint density at radius 2 is 1.50 bits per heavy atom. The first-order valence-corrected chi connectivity index (χ1v) is 12.8. The van der Waals surface area contributed by atoms with Gasteiger partial charge in [-0.05, 0) is 79.7 Å². The first-order valence-electron chi connectivity index (χ1n) is 12.8. The van der Waals surface area contributed by atoms with E-state index in [1.807, 2.05) is 0 Å². The van der Waals surface area contributed by atoms with Gasteiger partial charge in [0.15, 0.2) is 0 Å². The van der Waals surface area contributed by atoms with Crippen LogP contribution in [-0.4, -0.2) is 29.9 Å². The summed E-state index contributed by atoms with van der Waals surface area (Å²) in [6.45, 7) is 3.17. The summed E-state index contributed by atoms with van der Waals surface area (Å²) >= 11 is 0. The van der Waals surface area contributed by atoms with E-state index < -0.39 is 0 Å². The van der Waals surface area contributed by atoms with Crippen molar-refractivity contribution >= 4 is 5.91 Å². The van der Waals surface area contributed by atoms with E-state index in [2.05, 4.69) is 70.9 Å². The normalized spacial score (nSPS) is 34.5. The van der Waals surface area contributed by atoms with Gasteiger partial charge < -0.3 is 5.32 Å². The average molecular weight is 429 g/mol. The van der Waals surface area contributed by atoms with Gasteiger partial charge in [0.25, 0.3) is 0 Å². The zero-order valence-electron chi connectivity index (χ0n) is 19.1. The van der Waals surface area contributed by atoms with Crippen LogP contribution in [0.25, 0.3) is 0 Å². The Balaban J connectivity index is 1.12. The number of likely N-dealkylation sites (tertiary alicyclic amines) is 1. The maximum Gasteiger partial charge on any atom is 0.226 e. The minimum atomic E-state index is -0.124. The highest BCUT2D eigenvalue weighted by Crippen LogP contribution is 2.65. The molecule has 0 spiro atoms. The van der Waals surface area contributed by atoms with Crippen molar-refractivity contribution < 1.29 is 4.79 Å². The Bertz CT molecular complexity index is 934. The van der Waals surface area contributed by atoms with Gasteiger partial charge in [0.1, 0.15) is 0 Å². The fourth-order valence-corrected chi connectivity index (χ4v) is 8.07. The second kappa shape index (κ2) is 8.02. The molecule has 4 saturated carbocycles. The summed E-state index contributed by atoms with van der Waals surface area (Å²) < 4.78 is 0. The van der Waals surface area contributed by atoms with Crippen molar-refractivity contribution in [3.8, 4) is 0 Å². The molecule has 5 aliphatic rings. The molecule has 1 heterocycles. The molecule has 2 aromatic rings. The van der Waals surface area contributed by atoms with Gasteiger partial charge in [-0.3, -0.25) is 9.69 Å². The number of rotatable bonds is 5. The molecule has 1 saturated heterocycles. The molecule has 2 unspecified atom stereocenters. The third kappa shape index (κ3) is 3.69. The maximum atomic E-state index is 13.8. The number of nitrogens with zero attached hydrogens (tertiary/aromatic N) is 1. The molecule has 7 rings (SSSR count). The van der Waals surface area contributed by atoms with Crippen LogP contribution in [0.3, 0.4) is 0 Å². The molecule has 32 heavy (non-hydrogen) atoms. The summed E-state index contributed by atoms with van der Waals surface area (Å²) in [7, 11) is 0. The summed E-state index contributed by atoms with van der Waals surface area (Å²) in [5, 5.41) is 3.56. The number of piperidine rings is 1. The number of carbonyl (C=O) groups excluding carboxylic acids is 1. The Kier molecular flexibility index (Phi) is 5.13. The van der Waals surface area contributed by atoms with Crippen LogP contribution in [0.5, 0.6) is 0 Å². The van der Waals surface area contributed by atoms with E-state index >= 15 is 0 Å². The largest absolute Gasteiger partial charge is 0.353 e. The SMILES string of the molecule is O=C(NC1CCN(Cc2ccccc2)CC1)C12CC3CC(C1)CC(c1ccccc1)(C3)C2. The van der Waals surface area contributed by atoms with E-state index in [-0.39, 0.29) is 10.8 Å². The van der Waals surface area contributed by atoms with Gasteiger partial charge in [-0.1, -0.05) is 60.7 Å². The molecule has 3 heteroatoms. The smallest absolute Gasteiger partial charge is 0.226 e. The third-order valence-electron chi connectivity index (χ3n) is 9.10. The van der Waals surface area contributed by atoms with Crippen LogP contribution in [0.15, 0.2) is 60.7 Å². The van der Waals surface area contributed by atoms with Crippen LogP contribution in [0.1, 0.15) is 62.5 Å². The highest BCUT2D eigenvalue weighted by atomic mass is 16.2. The molecule has 4 aliphatic carbocycles. The lowest BCUT2D eigenvalue weighted by Gasteiger charge is -2.61. The van der Waals surface area contributed by atoms with E-state index in [9.17, 15) is 4.79 Å². The lowest BCUT2D eigenvalue weighted by molar-refractivity contribution is -0.150. The second-order valence-corrected chi connectivity index (χ2v) is 11.4. The molecule has 5 fully saturated rings. The van der Waals surface area contributed by atoms with E-state index in [4.69, 9.17) is 0 Å². The summed E-state index contributed by atoms with van der Waals surface area (Å²) in [5.41, 5.74) is 2.98. The maximum absolute atomic E-state index is 13.8. The first kappa shape index (κ1) is 20.5. The van der Waals surface area contributed by atoms with E-state index in [0.717, 1.165) is 63.6 Å². The minimum Gasteiger partial charge on any atom is -0.353 e. The van der Waals surface area contributed by atoms with Crippen LogP contribution in [-0.2, 0) is 16.8 Å². The Morgan fingerprint density at radius 1 is 0.875 bits per heavy atom. The number of hydrogen-bond acceptors (Lipinski definition) is 2. The molecular formula is C29H36N2O. The van der Waals surface area contributed by atoms with Crippen molar-refractivity contribution in [1.29, 1.82) is 0 Å². The molecule has 4 bridgehead atoms. The molecule has 1 N–H and O–H groups in total. The van der Waals surface area contributed by atoms with Crippen molar-refractivity contribution in [3.63, 3.8) is 0 Å². The van der Waals surface area contributed by atoms with Crippen LogP contribution >= 0.6 is 0 Å². The monoisotopic (exact) mass is 428 g/mol.